The van der Waals surface area contributed by atoms with Gasteiger partial charge in [0.05, 0.1) is 17.8 Å². The molecule has 1 atom stereocenters. The number of nitrogens with two attached hydrogens (primary N) is 1. The molecular formula is C18H23N5O2S. The second kappa shape index (κ2) is 6.83. The van der Waals surface area contributed by atoms with E-state index in [1.807, 2.05) is 16.8 Å². The molecule has 0 radical (unpaired) electrons. The van der Waals surface area contributed by atoms with Gasteiger partial charge in [-0.1, -0.05) is 24.5 Å². The summed E-state index contributed by atoms with van der Waals surface area (Å²) in [4.78, 5) is 24.4. The smallest absolute Gasteiger partial charge is 0.252 e. The first-order valence-corrected chi connectivity index (χ1v) is 10.1. The minimum atomic E-state index is -0.722. The van der Waals surface area contributed by atoms with Crippen LogP contribution in [0, 0.1) is 5.92 Å². The Balaban J connectivity index is 1.59. The summed E-state index contributed by atoms with van der Waals surface area (Å²) in [6.07, 6.45) is 8.86. The van der Waals surface area contributed by atoms with E-state index in [0.717, 1.165) is 25.7 Å². The van der Waals surface area contributed by atoms with E-state index in [1.54, 1.807) is 10.9 Å². The number of nitrogens with zero attached hydrogens (tertiary/aromatic N) is 3. The Morgan fingerprint density at radius 3 is 2.69 bits per heavy atom. The Labute approximate surface area is 156 Å². The van der Waals surface area contributed by atoms with Crippen LogP contribution in [0.25, 0.3) is 0 Å². The first-order valence-electron chi connectivity index (χ1n) is 9.16. The molecular weight excluding hydrogens is 350 g/mol. The van der Waals surface area contributed by atoms with E-state index in [1.165, 1.54) is 17.8 Å². The summed E-state index contributed by atoms with van der Waals surface area (Å²) in [5.74, 6) is -0.127. The summed E-state index contributed by atoms with van der Waals surface area (Å²) in [5, 5.41) is 15.4. The topological polar surface area (TPSA) is 103 Å². The minimum Gasteiger partial charge on any atom is -0.368 e. The average Bonchev–Trinajstić information content (AvgIpc) is 3.08. The number of hydrogen-bond acceptors (Lipinski definition) is 5. The molecule has 0 bridgehead atoms. The summed E-state index contributed by atoms with van der Waals surface area (Å²) in [5.41, 5.74) is 6.20. The van der Waals surface area contributed by atoms with Crippen molar-refractivity contribution in [3.05, 3.63) is 34.3 Å². The molecule has 0 aromatic carbocycles. The predicted octanol–water partition coefficient (Wildman–Crippen LogP) is 2.37. The van der Waals surface area contributed by atoms with Gasteiger partial charge >= 0.3 is 0 Å². The zero-order valence-corrected chi connectivity index (χ0v) is 15.4. The van der Waals surface area contributed by atoms with Gasteiger partial charge in [-0.05, 0) is 43.0 Å². The molecule has 2 amide bonds. The summed E-state index contributed by atoms with van der Waals surface area (Å²) in [7, 11) is 0. The predicted molar refractivity (Wildman–Crippen MR) is 97.5 cm³/mol. The second-order valence-electron chi connectivity index (χ2n) is 7.35. The summed E-state index contributed by atoms with van der Waals surface area (Å²) in [6.45, 7) is 0. The summed E-state index contributed by atoms with van der Waals surface area (Å²) in [6, 6.07) is 1.63. The van der Waals surface area contributed by atoms with Crippen LogP contribution >= 0.6 is 11.3 Å². The lowest BCUT2D eigenvalue weighted by molar-refractivity contribution is -0.122. The van der Waals surface area contributed by atoms with Crippen LogP contribution < -0.4 is 11.1 Å². The van der Waals surface area contributed by atoms with Gasteiger partial charge in [-0.15, -0.1) is 5.10 Å². The van der Waals surface area contributed by atoms with Crippen molar-refractivity contribution in [2.45, 2.75) is 56.5 Å². The van der Waals surface area contributed by atoms with Crippen molar-refractivity contribution in [1.29, 1.82) is 0 Å². The van der Waals surface area contributed by atoms with Crippen LogP contribution in [-0.2, 0) is 10.3 Å². The number of carbonyl (C=O) groups is 2. The lowest BCUT2D eigenvalue weighted by Gasteiger charge is -2.29. The van der Waals surface area contributed by atoms with E-state index in [0.29, 0.717) is 30.0 Å². The van der Waals surface area contributed by atoms with E-state index in [4.69, 9.17) is 5.73 Å². The maximum atomic E-state index is 12.6. The fourth-order valence-electron chi connectivity index (χ4n) is 3.85. The Morgan fingerprint density at radius 1 is 1.31 bits per heavy atom. The van der Waals surface area contributed by atoms with Gasteiger partial charge < -0.3 is 11.1 Å². The van der Waals surface area contributed by atoms with Crippen molar-refractivity contribution in [1.82, 2.24) is 20.3 Å². The van der Waals surface area contributed by atoms with Gasteiger partial charge in [0.15, 0.2) is 0 Å². The molecule has 0 unspecified atom stereocenters. The Hall–Kier alpha value is -2.22. The number of rotatable bonds is 6. The number of nitrogens with one attached hydrogen (secondary N) is 1. The molecule has 2 heterocycles. The molecule has 2 aliphatic rings. The number of aromatic nitrogens is 3. The molecule has 2 fully saturated rings. The quantitative estimate of drug-likeness (QED) is 0.811. The van der Waals surface area contributed by atoms with Gasteiger partial charge in [0.2, 0.25) is 5.91 Å². The molecule has 2 saturated carbocycles. The van der Waals surface area contributed by atoms with Crippen molar-refractivity contribution in [3.8, 4) is 0 Å². The van der Waals surface area contributed by atoms with E-state index < -0.39 is 5.54 Å². The van der Waals surface area contributed by atoms with Crippen molar-refractivity contribution >= 4 is 23.2 Å². The van der Waals surface area contributed by atoms with E-state index in [-0.39, 0.29) is 17.9 Å². The zero-order chi connectivity index (χ0) is 18.1. The van der Waals surface area contributed by atoms with Crippen LogP contribution in [-0.4, -0.2) is 26.8 Å². The maximum absolute atomic E-state index is 12.6. The van der Waals surface area contributed by atoms with Crippen molar-refractivity contribution in [2.75, 3.05) is 0 Å². The van der Waals surface area contributed by atoms with Crippen LogP contribution in [0.3, 0.4) is 0 Å². The normalized spacial score (nSPS) is 20.5. The van der Waals surface area contributed by atoms with E-state index in [2.05, 4.69) is 15.6 Å². The molecule has 2 aromatic heterocycles. The highest BCUT2D eigenvalue weighted by Gasteiger charge is 2.52. The third kappa shape index (κ3) is 3.13. The first kappa shape index (κ1) is 17.2. The molecule has 26 heavy (non-hydrogen) atoms. The number of hydrogen-bond donors (Lipinski definition) is 2. The number of thiophene rings is 1. The third-order valence-corrected chi connectivity index (χ3v) is 6.32. The Morgan fingerprint density at radius 2 is 2.08 bits per heavy atom. The Bertz CT molecular complexity index is 790. The van der Waals surface area contributed by atoms with Crippen LogP contribution in [0.15, 0.2) is 23.0 Å². The minimum absolute atomic E-state index is 0.0904. The van der Waals surface area contributed by atoms with Gasteiger partial charge in [0.1, 0.15) is 11.2 Å². The average molecular weight is 373 g/mol. The van der Waals surface area contributed by atoms with Gasteiger partial charge in [-0.2, -0.15) is 11.3 Å². The molecule has 7 nitrogen and oxygen atoms in total. The molecule has 2 aromatic rings. The SMILES string of the molecule is NC(=O)C1(n2cc([C@@H](NC(=O)c3ccsc3)C3CCCCC3)nn2)CC1. The molecule has 3 N–H and O–H groups in total. The lowest BCUT2D eigenvalue weighted by atomic mass is 9.82. The molecule has 0 saturated heterocycles. The summed E-state index contributed by atoms with van der Waals surface area (Å²) >= 11 is 1.50. The highest BCUT2D eigenvalue weighted by Crippen LogP contribution is 2.43. The Kier molecular flexibility index (Phi) is 4.52. The van der Waals surface area contributed by atoms with Crippen LogP contribution in [0.5, 0.6) is 0 Å². The van der Waals surface area contributed by atoms with Crippen molar-refractivity contribution < 1.29 is 9.59 Å². The highest BCUT2D eigenvalue weighted by molar-refractivity contribution is 7.08. The van der Waals surface area contributed by atoms with Crippen LogP contribution in [0.1, 0.15) is 67.0 Å². The number of amides is 2. The highest BCUT2D eigenvalue weighted by atomic mass is 32.1. The van der Waals surface area contributed by atoms with Crippen molar-refractivity contribution in [2.24, 2.45) is 11.7 Å². The van der Waals surface area contributed by atoms with Crippen LogP contribution in [0.4, 0.5) is 0 Å². The third-order valence-electron chi connectivity index (χ3n) is 5.64. The van der Waals surface area contributed by atoms with E-state index in [9.17, 15) is 9.59 Å². The molecule has 4 rings (SSSR count). The number of carbonyl (C=O) groups excluding carboxylic acids is 2. The van der Waals surface area contributed by atoms with Crippen LogP contribution in [0.2, 0.25) is 0 Å². The molecule has 2 aliphatic carbocycles. The molecule has 138 valence electrons. The van der Waals surface area contributed by atoms with Gasteiger partial charge in [-0.25, -0.2) is 4.68 Å². The maximum Gasteiger partial charge on any atom is 0.252 e. The second-order valence-corrected chi connectivity index (χ2v) is 8.13. The van der Waals surface area contributed by atoms with Gasteiger partial charge in [0, 0.05) is 5.38 Å². The fraction of sp³-hybridized carbons (Fsp3) is 0.556. The molecule has 0 spiro atoms. The monoisotopic (exact) mass is 373 g/mol. The number of primary amides is 1. The molecule has 8 heteroatoms. The van der Waals surface area contributed by atoms with Crippen molar-refractivity contribution in [3.63, 3.8) is 0 Å². The first-order chi connectivity index (χ1) is 12.6. The fourth-order valence-corrected chi connectivity index (χ4v) is 4.49. The largest absolute Gasteiger partial charge is 0.368 e. The van der Waals surface area contributed by atoms with E-state index >= 15 is 0 Å². The van der Waals surface area contributed by atoms with Gasteiger partial charge in [-0.3, -0.25) is 9.59 Å². The zero-order valence-electron chi connectivity index (χ0n) is 14.6. The lowest BCUT2D eigenvalue weighted by Crippen LogP contribution is -2.35. The summed E-state index contributed by atoms with van der Waals surface area (Å²) < 4.78 is 1.59. The molecule has 0 aliphatic heterocycles. The van der Waals surface area contributed by atoms with Gasteiger partial charge in [0.25, 0.3) is 5.91 Å². The standard InChI is InChI=1S/C18H23N5O2S/c19-17(25)18(7-8-18)23-10-14(21-22-23)15(12-4-2-1-3-5-12)20-16(24)13-6-9-26-11-13/h6,9-12,15H,1-5,7-8H2,(H2,19,25)(H,20,24)/t15-/m0/s1.